The van der Waals surface area contributed by atoms with Gasteiger partial charge in [0.1, 0.15) is 31.3 Å². The number of halogens is 2. The van der Waals surface area contributed by atoms with Crippen molar-refractivity contribution >= 4 is 35.1 Å². The van der Waals surface area contributed by atoms with E-state index in [1.54, 1.807) is 42.5 Å². The molecule has 33 heavy (non-hydrogen) atoms. The van der Waals surface area contributed by atoms with Gasteiger partial charge < -0.3 is 29.0 Å². The maximum Gasteiger partial charge on any atom is 0.326 e. The average molecular weight is 498 g/mol. The molecular weight excluding hydrogens is 473 g/mol. The van der Waals surface area contributed by atoms with Crippen LogP contribution in [0.15, 0.2) is 42.5 Å². The molecule has 178 valence electrons. The van der Waals surface area contributed by atoms with Gasteiger partial charge in [-0.25, -0.2) is 4.79 Å². The van der Waals surface area contributed by atoms with E-state index < -0.39 is 30.1 Å². The highest BCUT2D eigenvalue weighted by atomic mass is 35.5. The molecule has 1 fully saturated rings. The molecule has 1 aliphatic rings. The van der Waals surface area contributed by atoms with Crippen LogP contribution in [0.2, 0.25) is 10.0 Å². The number of methoxy groups -OCH3 is 1. The normalized spacial score (nSPS) is 18.7. The Morgan fingerprint density at radius 2 is 1.82 bits per heavy atom. The molecule has 1 saturated heterocycles. The molecule has 1 amide bonds. The van der Waals surface area contributed by atoms with E-state index in [-0.39, 0.29) is 26.4 Å². The summed E-state index contributed by atoms with van der Waals surface area (Å²) in [6.07, 6.45) is -1.39. The molecule has 10 heteroatoms. The number of likely N-dealkylation sites (N-methyl/N-ethyl adjacent to an activating group) is 1. The molecular formula is C23H25Cl2NO7. The van der Waals surface area contributed by atoms with E-state index >= 15 is 0 Å². The Kier molecular flexibility index (Phi) is 8.94. The van der Waals surface area contributed by atoms with Gasteiger partial charge in [0.05, 0.1) is 6.61 Å². The lowest BCUT2D eigenvalue weighted by atomic mass is 10.0. The van der Waals surface area contributed by atoms with E-state index in [9.17, 15) is 14.7 Å². The van der Waals surface area contributed by atoms with Crippen LogP contribution in [0, 0.1) is 0 Å². The summed E-state index contributed by atoms with van der Waals surface area (Å²) in [7, 11) is 2.93. The summed E-state index contributed by atoms with van der Waals surface area (Å²) < 4.78 is 21.5. The number of ether oxygens (including phenoxy) is 4. The SMILES string of the molecule is COC[C@@H]1OCO[C@H]1C(=O)N(C)C(Cc1ccc(OCc2c(Cl)cccc2Cl)cc1)C(=O)O. The topological polar surface area (TPSA) is 94.5 Å². The number of amides is 1. The van der Waals surface area contributed by atoms with Gasteiger partial charge in [-0.15, -0.1) is 0 Å². The van der Waals surface area contributed by atoms with Gasteiger partial charge in [-0.2, -0.15) is 0 Å². The number of carbonyl (C=O) groups excluding carboxylic acids is 1. The number of nitrogens with zero attached hydrogens (tertiary/aromatic N) is 1. The zero-order valence-electron chi connectivity index (χ0n) is 18.2. The Balaban J connectivity index is 1.63. The molecule has 1 aliphatic heterocycles. The minimum absolute atomic E-state index is 0.0448. The molecule has 0 aliphatic carbocycles. The fourth-order valence-electron chi connectivity index (χ4n) is 3.44. The third-order valence-electron chi connectivity index (χ3n) is 5.34. The number of carboxylic acid groups (broad SMARTS) is 1. The van der Waals surface area contributed by atoms with Crippen LogP contribution < -0.4 is 4.74 Å². The molecule has 0 saturated carbocycles. The third-order valence-corrected chi connectivity index (χ3v) is 6.05. The smallest absolute Gasteiger partial charge is 0.326 e. The number of hydrogen-bond acceptors (Lipinski definition) is 6. The minimum Gasteiger partial charge on any atom is -0.489 e. The molecule has 2 aromatic carbocycles. The second-order valence-corrected chi connectivity index (χ2v) is 8.32. The van der Waals surface area contributed by atoms with Crippen LogP contribution in [0.5, 0.6) is 5.75 Å². The molecule has 1 unspecified atom stereocenters. The summed E-state index contributed by atoms with van der Waals surface area (Å²) in [5, 5.41) is 10.8. The molecule has 0 spiro atoms. The Hall–Kier alpha value is -2.36. The predicted octanol–water partition coefficient (Wildman–Crippen LogP) is 3.41. The Morgan fingerprint density at radius 1 is 1.15 bits per heavy atom. The molecule has 0 aromatic heterocycles. The molecule has 2 aromatic rings. The largest absolute Gasteiger partial charge is 0.489 e. The maximum atomic E-state index is 12.9. The maximum absolute atomic E-state index is 12.9. The first-order valence-corrected chi connectivity index (χ1v) is 10.9. The van der Waals surface area contributed by atoms with Gasteiger partial charge in [-0.05, 0) is 29.8 Å². The van der Waals surface area contributed by atoms with Crippen LogP contribution in [-0.2, 0) is 36.8 Å². The van der Waals surface area contributed by atoms with Crippen LogP contribution in [0.1, 0.15) is 11.1 Å². The lowest BCUT2D eigenvalue weighted by Crippen LogP contribution is -2.50. The average Bonchev–Trinajstić information content (AvgIpc) is 3.25. The van der Waals surface area contributed by atoms with Crippen molar-refractivity contribution in [2.24, 2.45) is 0 Å². The van der Waals surface area contributed by atoms with Crippen LogP contribution in [0.3, 0.4) is 0 Å². The molecule has 3 atom stereocenters. The van der Waals surface area contributed by atoms with Gasteiger partial charge in [-0.3, -0.25) is 4.79 Å². The van der Waals surface area contributed by atoms with Gasteiger partial charge in [0.25, 0.3) is 5.91 Å². The minimum atomic E-state index is -1.12. The molecule has 1 heterocycles. The van der Waals surface area contributed by atoms with E-state index in [0.29, 0.717) is 21.4 Å². The van der Waals surface area contributed by atoms with Gasteiger partial charge in [0.15, 0.2) is 6.10 Å². The number of aliphatic carboxylic acids is 1. The van der Waals surface area contributed by atoms with Crippen LogP contribution in [0.25, 0.3) is 0 Å². The van der Waals surface area contributed by atoms with Gasteiger partial charge >= 0.3 is 5.97 Å². The van der Waals surface area contributed by atoms with Crippen LogP contribution >= 0.6 is 23.2 Å². The number of carbonyl (C=O) groups is 2. The van der Waals surface area contributed by atoms with Crippen molar-refractivity contribution in [3.63, 3.8) is 0 Å². The van der Waals surface area contributed by atoms with Crippen molar-refractivity contribution in [3.05, 3.63) is 63.6 Å². The molecule has 3 rings (SSSR count). The van der Waals surface area contributed by atoms with E-state index in [4.69, 9.17) is 42.1 Å². The fourth-order valence-corrected chi connectivity index (χ4v) is 3.95. The molecule has 0 radical (unpaired) electrons. The third kappa shape index (κ3) is 6.37. The van der Waals surface area contributed by atoms with E-state index in [1.807, 2.05) is 0 Å². The van der Waals surface area contributed by atoms with Crippen molar-refractivity contribution in [3.8, 4) is 5.75 Å². The van der Waals surface area contributed by atoms with Crippen molar-refractivity contribution in [2.75, 3.05) is 27.6 Å². The lowest BCUT2D eigenvalue weighted by Gasteiger charge is -2.28. The second kappa shape index (κ2) is 11.7. The highest BCUT2D eigenvalue weighted by molar-refractivity contribution is 6.35. The summed E-state index contributed by atoms with van der Waals surface area (Å²) in [6.45, 7) is 0.318. The van der Waals surface area contributed by atoms with Gasteiger partial charge in [-0.1, -0.05) is 41.4 Å². The highest BCUT2D eigenvalue weighted by Crippen LogP contribution is 2.26. The fraction of sp³-hybridized carbons (Fsp3) is 0.391. The Labute approximate surface area is 201 Å². The number of carboxylic acids is 1. The summed E-state index contributed by atoms with van der Waals surface area (Å²) in [6, 6.07) is 11.1. The van der Waals surface area contributed by atoms with Crippen molar-refractivity contribution in [2.45, 2.75) is 31.3 Å². The van der Waals surface area contributed by atoms with Gasteiger partial charge in [0.2, 0.25) is 0 Å². The molecule has 1 N–H and O–H groups in total. The first-order valence-electron chi connectivity index (χ1n) is 10.2. The second-order valence-electron chi connectivity index (χ2n) is 7.51. The summed E-state index contributed by atoms with van der Waals surface area (Å²) >= 11 is 12.3. The lowest BCUT2D eigenvalue weighted by molar-refractivity contribution is -0.153. The first-order chi connectivity index (χ1) is 15.8. The number of rotatable bonds is 10. The van der Waals surface area contributed by atoms with E-state index in [1.165, 1.54) is 19.1 Å². The van der Waals surface area contributed by atoms with E-state index in [0.717, 1.165) is 5.56 Å². The zero-order valence-corrected chi connectivity index (χ0v) is 19.7. The van der Waals surface area contributed by atoms with Crippen LogP contribution in [0.4, 0.5) is 0 Å². The zero-order chi connectivity index (χ0) is 24.0. The van der Waals surface area contributed by atoms with Gasteiger partial charge in [0, 0.05) is 36.2 Å². The molecule has 8 nitrogen and oxygen atoms in total. The van der Waals surface area contributed by atoms with E-state index in [2.05, 4.69) is 0 Å². The van der Waals surface area contributed by atoms with Crippen molar-refractivity contribution in [1.29, 1.82) is 0 Å². The summed E-state index contributed by atoms with van der Waals surface area (Å²) in [5.41, 5.74) is 1.41. The summed E-state index contributed by atoms with van der Waals surface area (Å²) in [4.78, 5) is 26.0. The summed E-state index contributed by atoms with van der Waals surface area (Å²) in [5.74, 6) is -1.02. The molecule has 0 bridgehead atoms. The van der Waals surface area contributed by atoms with Crippen molar-refractivity contribution < 1.29 is 33.6 Å². The quantitative estimate of drug-likeness (QED) is 0.537. The Bertz CT molecular complexity index is 950. The van der Waals surface area contributed by atoms with Crippen LogP contribution in [-0.4, -0.2) is 67.7 Å². The monoisotopic (exact) mass is 497 g/mol. The van der Waals surface area contributed by atoms with Crippen molar-refractivity contribution in [1.82, 2.24) is 4.90 Å². The standard InChI is InChI=1S/C23H25Cl2NO7/c1-26(22(27)21-20(12-30-2)32-13-33-21)19(23(28)29)10-14-6-8-15(9-7-14)31-11-16-17(24)4-3-5-18(16)25/h3-9,19-21H,10-13H2,1-2H3,(H,28,29)/t19?,20-,21+/m0/s1. The predicted molar refractivity (Wildman–Crippen MR) is 122 cm³/mol. The number of hydrogen-bond donors (Lipinski definition) is 1. The first kappa shape index (κ1) is 25.3. The Morgan fingerprint density at radius 3 is 2.42 bits per heavy atom. The number of benzene rings is 2. The highest BCUT2D eigenvalue weighted by Gasteiger charge is 2.40.